The molecule has 8 nitrogen and oxygen atoms in total. The minimum atomic E-state index is -0.883. The third kappa shape index (κ3) is 3.25. The molecule has 26 heavy (non-hydrogen) atoms. The summed E-state index contributed by atoms with van der Waals surface area (Å²) in [7, 11) is 1.23. The second-order valence-corrected chi connectivity index (χ2v) is 5.53. The molecule has 3 rings (SSSR count). The Bertz CT molecular complexity index is 908. The van der Waals surface area contributed by atoms with Crippen LogP contribution in [0, 0.1) is 10.1 Å². The number of nitrogens with zero attached hydrogens (tertiary/aromatic N) is 1. The van der Waals surface area contributed by atoms with Gasteiger partial charge < -0.3 is 15.4 Å². The lowest BCUT2D eigenvalue weighted by Crippen LogP contribution is -2.45. The molecule has 1 aliphatic heterocycles. The van der Waals surface area contributed by atoms with Crippen LogP contribution < -0.4 is 10.6 Å². The number of nitro groups is 1. The monoisotopic (exact) mass is 353 g/mol. The summed E-state index contributed by atoms with van der Waals surface area (Å²) in [5, 5.41) is 16.3. The van der Waals surface area contributed by atoms with Crippen molar-refractivity contribution in [2.24, 2.45) is 0 Å². The lowest BCUT2D eigenvalue weighted by atomic mass is 9.92. The number of urea groups is 1. The van der Waals surface area contributed by atoms with Gasteiger partial charge in [0.05, 0.1) is 29.3 Å². The maximum Gasteiger partial charge on any atom is 0.338 e. The number of methoxy groups -OCH3 is 1. The molecule has 1 atom stereocenters. The molecule has 0 saturated heterocycles. The smallest absolute Gasteiger partial charge is 0.338 e. The van der Waals surface area contributed by atoms with Crippen LogP contribution >= 0.6 is 0 Å². The molecule has 1 aliphatic rings. The minimum Gasteiger partial charge on any atom is -0.466 e. The van der Waals surface area contributed by atoms with Gasteiger partial charge in [0, 0.05) is 12.1 Å². The zero-order valence-electron chi connectivity index (χ0n) is 13.8. The van der Waals surface area contributed by atoms with Gasteiger partial charge in [-0.15, -0.1) is 0 Å². The fourth-order valence-corrected chi connectivity index (χ4v) is 2.79. The molecule has 0 radical (unpaired) electrons. The number of ether oxygens (including phenoxy) is 1. The van der Waals surface area contributed by atoms with Gasteiger partial charge in [0.1, 0.15) is 0 Å². The Kier molecular flexibility index (Phi) is 4.66. The van der Waals surface area contributed by atoms with Gasteiger partial charge in [-0.2, -0.15) is 0 Å². The largest absolute Gasteiger partial charge is 0.466 e. The summed E-state index contributed by atoms with van der Waals surface area (Å²) in [6.45, 7) is 0. The lowest BCUT2D eigenvalue weighted by Gasteiger charge is -2.29. The van der Waals surface area contributed by atoms with Crippen molar-refractivity contribution in [3.63, 3.8) is 0 Å². The maximum atomic E-state index is 12.5. The number of nitrogens with one attached hydrogen (secondary N) is 2. The van der Waals surface area contributed by atoms with Crippen molar-refractivity contribution >= 4 is 23.4 Å². The number of hydrogen-bond donors (Lipinski definition) is 2. The molecule has 2 N–H and O–H groups in total. The van der Waals surface area contributed by atoms with Crippen molar-refractivity contribution in [1.82, 2.24) is 10.6 Å². The van der Waals surface area contributed by atoms with Crippen molar-refractivity contribution in [3.05, 3.63) is 81.4 Å². The molecule has 2 aromatic carbocycles. The molecular weight excluding hydrogens is 338 g/mol. The fraction of sp³-hybridized carbons (Fsp3) is 0.111. The van der Waals surface area contributed by atoms with Crippen LogP contribution in [0.1, 0.15) is 17.2 Å². The molecule has 2 amide bonds. The Morgan fingerprint density at radius 2 is 1.88 bits per heavy atom. The number of benzene rings is 2. The van der Waals surface area contributed by atoms with Gasteiger partial charge in [-0.25, -0.2) is 9.59 Å². The van der Waals surface area contributed by atoms with Crippen LogP contribution in [0.25, 0.3) is 5.70 Å². The van der Waals surface area contributed by atoms with E-state index in [1.54, 1.807) is 30.3 Å². The third-order valence-corrected chi connectivity index (χ3v) is 3.95. The van der Waals surface area contributed by atoms with E-state index in [9.17, 15) is 19.7 Å². The average molecular weight is 353 g/mol. The minimum absolute atomic E-state index is 0.138. The Morgan fingerprint density at radius 1 is 1.15 bits per heavy atom. The van der Waals surface area contributed by atoms with E-state index in [2.05, 4.69) is 10.6 Å². The highest BCUT2D eigenvalue weighted by molar-refractivity contribution is 6.04. The van der Waals surface area contributed by atoms with Crippen LogP contribution in [-0.2, 0) is 9.53 Å². The van der Waals surface area contributed by atoms with Gasteiger partial charge in [0.15, 0.2) is 0 Å². The first kappa shape index (κ1) is 17.2. The topological polar surface area (TPSA) is 111 Å². The third-order valence-electron chi connectivity index (χ3n) is 3.95. The summed E-state index contributed by atoms with van der Waals surface area (Å²) in [6.07, 6.45) is 0. The number of non-ortho nitro benzene ring substituents is 1. The zero-order valence-corrected chi connectivity index (χ0v) is 13.8. The second kappa shape index (κ2) is 7.06. The molecule has 132 valence electrons. The molecule has 0 bridgehead atoms. The Morgan fingerprint density at radius 3 is 2.54 bits per heavy atom. The SMILES string of the molecule is COC(=O)C1=C(c2ccccc2)NC(=O)NC1c1cccc([N+](=O)[O-])c1. The van der Waals surface area contributed by atoms with Crippen LogP contribution in [0.15, 0.2) is 60.2 Å². The van der Waals surface area contributed by atoms with E-state index in [1.165, 1.54) is 25.3 Å². The van der Waals surface area contributed by atoms with E-state index in [0.717, 1.165) is 0 Å². The van der Waals surface area contributed by atoms with Crippen molar-refractivity contribution in [1.29, 1.82) is 0 Å². The number of esters is 1. The highest BCUT2D eigenvalue weighted by Crippen LogP contribution is 2.33. The van der Waals surface area contributed by atoms with Crippen LogP contribution in [0.3, 0.4) is 0 Å². The first-order chi connectivity index (χ1) is 12.5. The highest BCUT2D eigenvalue weighted by atomic mass is 16.6. The summed E-state index contributed by atoms with van der Waals surface area (Å²) in [6, 6.07) is 13.2. The molecule has 1 unspecified atom stereocenters. The predicted octanol–water partition coefficient (Wildman–Crippen LogP) is 2.53. The van der Waals surface area contributed by atoms with Gasteiger partial charge in [0.25, 0.3) is 5.69 Å². The van der Waals surface area contributed by atoms with Crippen LogP contribution in [0.5, 0.6) is 0 Å². The van der Waals surface area contributed by atoms with E-state index < -0.39 is 23.0 Å². The summed E-state index contributed by atoms with van der Waals surface area (Å²) in [5.41, 5.74) is 1.36. The second-order valence-electron chi connectivity index (χ2n) is 5.53. The van der Waals surface area contributed by atoms with E-state index in [-0.39, 0.29) is 11.3 Å². The summed E-state index contributed by atoms with van der Waals surface area (Å²) >= 11 is 0. The van der Waals surface area contributed by atoms with Gasteiger partial charge in [-0.1, -0.05) is 42.5 Å². The number of carbonyl (C=O) groups is 2. The lowest BCUT2D eigenvalue weighted by molar-refractivity contribution is -0.384. The number of hydrogen-bond acceptors (Lipinski definition) is 5. The zero-order chi connectivity index (χ0) is 18.7. The van der Waals surface area contributed by atoms with E-state index in [1.807, 2.05) is 6.07 Å². The standard InChI is InChI=1S/C18H15N3O5/c1-26-17(22)14-15(11-6-3-2-4-7-11)19-18(23)20-16(14)12-8-5-9-13(10-12)21(24)25/h2-10,16H,1H3,(H2,19,20,23). The molecule has 0 spiro atoms. The van der Waals surface area contributed by atoms with Gasteiger partial charge in [-0.3, -0.25) is 10.1 Å². The van der Waals surface area contributed by atoms with Gasteiger partial charge >= 0.3 is 12.0 Å². The molecular formula is C18H15N3O5. The maximum absolute atomic E-state index is 12.5. The summed E-state index contributed by atoms with van der Waals surface area (Å²) in [5.74, 6) is -0.646. The highest BCUT2D eigenvalue weighted by Gasteiger charge is 2.34. The number of carbonyl (C=O) groups excluding carboxylic acids is 2. The van der Waals surface area contributed by atoms with Gasteiger partial charge in [0.2, 0.25) is 0 Å². The van der Waals surface area contributed by atoms with Crippen molar-refractivity contribution in [2.75, 3.05) is 7.11 Å². The van der Waals surface area contributed by atoms with Crippen LogP contribution in [-0.4, -0.2) is 24.0 Å². The Labute approximate surface area is 148 Å². The molecule has 0 fully saturated rings. The quantitative estimate of drug-likeness (QED) is 0.498. The first-order valence-electron chi connectivity index (χ1n) is 7.71. The van der Waals surface area contributed by atoms with Gasteiger partial charge in [-0.05, 0) is 11.1 Å². The first-order valence-corrected chi connectivity index (χ1v) is 7.71. The van der Waals surface area contributed by atoms with E-state index in [4.69, 9.17) is 4.74 Å². The molecule has 2 aromatic rings. The summed E-state index contributed by atoms with van der Waals surface area (Å²) < 4.78 is 4.88. The Balaban J connectivity index is 2.19. The molecule has 8 heteroatoms. The molecule has 0 aromatic heterocycles. The fourth-order valence-electron chi connectivity index (χ4n) is 2.79. The van der Waals surface area contributed by atoms with Crippen LogP contribution in [0.4, 0.5) is 10.5 Å². The molecule has 0 aliphatic carbocycles. The number of nitro benzene ring substituents is 1. The molecule has 0 saturated carbocycles. The van der Waals surface area contributed by atoms with Crippen LogP contribution in [0.2, 0.25) is 0 Å². The number of rotatable bonds is 4. The number of amides is 2. The Hall–Kier alpha value is -3.68. The predicted molar refractivity (Wildman–Crippen MR) is 92.9 cm³/mol. The normalized spacial score (nSPS) is 16.5. The van der Waals surface area contributed by atoms with Crippen molar-refractivity contribution < 1.29 is 19.2 Å². The van der Waals surface area contributed by atoms with E-state index >= 15 is 0 Å². The van der Waals surface area contributed by atoms with Crippen molar-refractivity contribution in [2.45, 2.75) is 6.04 Å². The van der Waals surface area contributed by atoms with E-state index in [0.29, 0.717) is 16.8 Å². The summed E-state index contributed by atoms with van der Waals surface area (Å²) in [4.78, 5) is 35.1. The van der Waals surface area contributed by atoms with Crippen molar-refractivity contribution in [3.8, 4) is 0 Å². The average Bonchev–Trinajstić information content (AvgIpc) is 2.67. The molecule has 1 heterocycles.